The summed E-state index contributed by atoms with van der Waals surface area (Å²) in [5.74, 6) is -1.13. The Morgan fingerprint density at radius 2 is 1.71 bits per heavy atom. The average molecular weight is 562 g/mol. The number of nitrogens with one attached hydrogen (secondary N) is 1. The van der Waals surface area contributed by atoms with E-state index >= 15 is 0 Å². The summed E-state index contributed by atoms with van der Waals surface area (Å²) < 4.78 is 47.3. The first kappa shape index (κ1) is 28.9. The molecule has 202 valence electrons. The molecule has 38 heavy (non-hydrogen) atoms. The Bertz CT molecular complexity index is 1370. The summed E-state index contributed by atoms with van der Waals surface area (Å²) in [7, 11) is -1.26. The Balaban J connectivity index is 2.06. The second-order valence-electron chi connectivity index (χ2n) is 8.33. The van der Waals surface area contributed by atoms with Crippen molar-refractivity contribution in [3.63, 3.8) is 0 Å². The van der Waals surface area contributed by atoms with E-state index in [1.54, 1.807) is 49.4 Å². The Morgan fingerprint density at radius 3 is 2.26 bits per heavy atom. The lowest BCUT2D eigenvalue weighted by Crippen LogP contribution is -2.51. The van der Waals surface area contributed by atoms with Crippen LogP contribution in [0, 0.1) is 5.82 Å². The lowest BCUT2D eigenvalue weighted by molar-refractivity contribution is -0.140. The first-order chi connectivity index (χ1) is 18.1. The maximum absolute atomic E-state index is 13.9. The molecule has 0 fully saturated rings. The summed E-state index contributed by atoms with van der Waals surface area (Å²) in [5.41, 5.74) is 0.717. The van der Waals surface area contributed by atoms with E-state index < -0.39 is 40.2 Å². The molecule has 0 bridgehead atoms. The van der Waals surface area contributed by atoms with Crippen LogP contribution in [0.4, 0.5) is 10.1 Å². The number of halogens is 2. The van der Waals surface area contributed by atoms with Crippen LogP contribution in [0.5, 0.6) is 5.75 Å². The van der Waals surface area contributed by atoms with Crippen LogP contribution < -0.4 is 14.4 Å². The smallest absolute Gasteiger partial charge is 0.264 e. The molecule has 8 nitrogen and oxygen atoms in total. The number of carbonyl (C=O) groups is 2. The van der Waals surface area contributed by atoms with Gasteiger partial charge in [0, 0.05) is 13.6 Å². The van der Waals surface area contributed by atoms with Crippen LogP contribution in [0.2, 0.25) is 5.02 Å². The van der Waals surface area contributed by atoms with E-state index in [4.69, 9.17) is 16.3 Å². The molecule has 0 unspecified atom stereocenters. The minimum Gasteiger partial charge on any atom is -0.497 e. The summed E-state index contributed by atoms with van der Waals surface area (Å²) in [6.07, 6.45) is 0.287. The summed E-state index contributed by atoms with van der Waals surface area (Å²) in [6, 6.07) is 17.1. The van der Waals surface area contributed by atoms with Crippen molar-refractivity contribution in [1.82, 2.24) is 10.2 Å². The topological polar surface area (TPSA) is 96.0 Å². The first-order valence-corrected chi connectivity index (χ1v) is 13.6. The van der Waals surface area contributed by atoms with Gasteiger partial charge >= 0.3 is 0 Å². The van der Waals surface area contributed by atoms with Crippen LogP contribution in [-0.2, 0) is 26.2 Å². The second-order valence-corrected chi connectivity index (χ2v) is 10.6. The van der Waals surface area contributed by atoms with Crippen molar-refractivity contribution >= 4 is 39.1 Å². The van der Waals surface area contributed by atoms with Gasteiger partial charge in [0.2, 0.25) is 11.8 Å². The highest BCUT2D eigenvalue weighted by Gasteiger charge is 2.33. The molecule has 0 radical (unpaired) electrons. The number of anilines is 1. The summed E-state index contributed by atoms with van der Waals surface area (Å²) in [6.45, 7) is 1.15. The molecule has 3 rings (SSSR count). The monoisotopic (exact) mass is 561 g/mol. The number of methoxy groups -OCH3 is 1. The number of benzene rings is 3. The molecule has 0 saturated carbocycles. The molecular formula is C27H29ClFN3O5S. The number of likely N-dealkylation sites (N-methyl/N-ethyl adjacent to an activating group) is 1. The number of hydrogen-bond donors (Lipinski definition) is 1. The third-order valence-electron chi connectivity index (χ3n) is 5.95. The van der Waals surface area contributed by atoms with Gasteiger partial charge in [-0.1, -0.05) is 48.9 Å². The molecule has 0 aromatic heterocycles. The Morgan fingerprint density at radius 1 is 1.05 bits per heavy atom. The van der Waals surface area contributed by atoms with Crippen molar-refractivity contribution in [3.05, 3.63) is 89.2 Å². The molecule has 0 spiro atoms. The first-order valence-electron chi connectivity index (χ1n) is 11.8. The van der Waals surface area contributed by atoms with Crippen LogP contribution >= 0.6 is 11.6 Å². The minimum atomic E-state index is -4.26. The van der Waals surface area contributed by atoms with Gasteiger partial charge in [0.25, 0.3) is 10.0 Å². The maximum atomic E-state index is 13.9. The van der Waals surface area contributed by atoms with Crippen molar-refractivity contribution in [1.29, 1.82) is 0 Å². The minimum absolute atomic E-state index is 0.00555. The highest BCUT2D eigenvalue weighted by Crippen LogP contribution is 2.28. The van der Waals surface area contributed by atoms with E-state index in [0.29, 0.717) is 11.3 Å². The number of rotatable bonds is 11. The van der Waals surface area contributed by atoms with E-state index in [2.05, 4.69) is 5.32 Å². The van der Waals surface area contributed by atoms with Crippen LogP contribution in [0.3, 0.4) is 0 Å². The molecule has 0 heterocycles. The van der Waals surface area contributed by atoms with Gasteiger partial charge in [0.1, 0.15) is 24.2 Å². The van der Waals surface area contributed by atoms with Gasteiger partial charge in [0.05, 0.1) is 22.7 Å². The van der Waals surface area contributed by atoms with Gasteiger partial charge < -0.3 is 15.0 Å². The number of carbonyl (C=O) groups excluding carboxylic acids is 2. The number of nitrogens with zero attached hydrogens (tertiary/aromatic N) is 2. The molecule has 0 aliphatic rings. The molecule has 0 saturated heterocycles. The highest BCUT2D eigenvalue weighted by atomic mass is 35.5. The molecule has 11 heteroatoms. The fraction of sp³-hybridized carbons (Fsp3) is 0.259. The Labute approximate surface area is 227 Å². The number of amides is 2. The van der Waals surface area contributed by atoms with E-state index in [9.17, 15) is 22.4 Å². The third-order valence-corrected chi connectivity index (χ3v) is 8.02. The van der Waals surface area contributed by atoms with Crippen molar-refractivity contribution in [2.45, 2.75) is 30.8 Å². The quantitative estimate of drug-likeness (QED) is 0.378. The lowest BCUT2D eigenvalue weighted by Gasteiger charge is -2.33. The number of hydrogen-bond acceptors (Lipinski definition) is 5. The van der Waals surface area contributed by atoms with E-state index in [-0.39, 0.29) is 28.6 Å². The molecule has 0 aliphatic heterocycles. The van der Waals surface area contributed by atoms with E-state index in [0.717, 1.165) is 16.4 Å². The van der Waals surface area contributed by atoms with Crippen molar-refractivity contribution in [2.24, 2.45) is 0 Å². The summed E-state index contributed by atoms with van der Waals surface area (Å²) in [4.78, 5) is 27.8. The normalized spacial score (nSPS) is 11.9. The van der Waals surface area contributed by atoms with Crippen LogP contribution in [0.15, 0.2) is 77.7 Å². The standard InChI is InChI=1S/C27H29ClFN3O5S/c1-4-25(27(34)30-2)31(17-19-10-13-21(37-3)14-11-19)26(33)18-32(20-12-15-24(29)23(28)16-20)38(35,36)22-8-6-5-7-9-22/h5-16,25H,4,17-18H2,1-3H3,(H,30,34)/t25-/m0/s1. The average Bonchev–Trinajstić information content (AvgIpc) is 2.93. The van der Waals surface area contributed by atoms with Gasteiger partial charge in [-0.15, -0.1) is 0 Å². The molecule has 1 atom stereocenters. The number of ether oxygens (including phenoxy) is 1. The van der Waals surface area contributed by atoms with Gasteiger partial charge in [-0.2, -0.15) is 0 Å². The predicted octanol–water partition coefficient (Wildman–Crippen LogP) is 4.24. The van der Waals surface area contributed by atoms with Gasteiger partial charge in [-0.3, -0.25) is 13.9 Å². The summed E-state index contributed by atoms with van der Waals surface area (Å²) >= 11 is 5.96. The Hall–Kier alpha value is -3.63. The highest BCUT2D eigenvalue weighted by molar-refractivity contribution is 7.92. The van der Waals surface area contributed by atoms with Crippen molar-refractivity contribution in [2.75, 3.05) is 25.0 Å². The summed E-state index contributed by atoms with van der Waals surface area (Å²) in [5, 5.41) is 2.27. The molecule has 2 amide bonds. The van der Waals surface area contributed by atoms with Gasteiger partial charge in [0.15, 0.2) is 0 Å². The zero-order valence-corrected chi connectivity index (χ0v) is 22.8. The maximum Gasteiger partial charge on any atom is 0.264 e. The van der Waals surface area contributed by atoms with Crippen LogP contribution in [-0.4, -0.2) is 51.9 Å². The third kappa shape index (κ3) is 6.62. The van der Waals surface area contributed by atoms with Crippen molar-refractivity contribution < 1.29 is 27.1 Å². The second kappa shape index (κ2) is 12.7. The van der Waals surface area contributed by atoms with Gasteiger partial charge in [-0.05, 0) is 54.4 Å². The Kier molecular flexibility index (Phi) is 9.71. The molecular weight excluding hydrogens is 533 g/mol. The van der Waals surface area contributed by atoms with E-state index in [1.807, 2.05) is 0 Å². The predicted molar refractivity (Wildman–Crippen MR) is 144 cm³/mol. The van der Waals surface area contributed by atoms with Gasteiger partial charge in [-0.25, -0.2) is 12.8 Å². The zero-order valence-electron chi connectivity index (χ0n) is 21.2. The molecule has 0 aliphatic carbocycles. The lowest BCUT2D eigenvalue weighted by atomic mass is 10.1. The van der Waals surface area contributed by atoms with Crippen LogP contribution in [0.25, 0.3) is 0 Å². The number of sulfonamides is 1. The van der Waals surface area contributed by atoms with E-state index in [1.165, 1.54) is 37.3 Å². The molecule has 3 aromatic carbocycles. The zero-order chi connectivity index (χ0) is 27.9. The molecule has 1 N–H and O–H groups in total. The van der Waals surface area contributed by atoms with Crippen LogP contribution in [0.1, 0.15) is 18.9 Å². The fourth-order valence-corrected chi connectivity index (χ4v) is 5.50. The molecule has 3 aromatic rings. The van der Waals surface area contributed by atoms with Crippen molar-refractivity contribution in [3.8, 4) is 5.75 Å². The SMILES string of the molecule is CC[C@@H](C(=O)NC)N(Cc1ccc(OC)cc1)C(=O)CN(c1ccc(F)c(Cl)c1)S(=O)(=O)c1ccccc1. The largest absolute Gasteiger partial charge is 0.497 e. The fourth-order valence-electron chi connectivity index (χ4n) is 3.90.